The molecule has 0 aliphatic carbocycles. The fourth-order valence-electron chi connectivity index (χ4n) is 3.24. The number of imidazole rings is 1. The second-order valence-electron chi connectivity index (χ2n) is 6.26. The lowest BCUT2D eigenvalue weighted by atomic mass is 10.1. The van der Waals surface area contributed by atoms with Gasteiger partial charge in [-0.15, -0.1) is 0 Å². The van der Waals surface area contributed by atoms with Crippen LogP contribution in [0, 0.1) is 0 Å². The SMILES string of the molecule is CC(C)n1c(=O)c2c(C(=O)c3ccccc3)ncn2c2ccccc21. The van der Waals surface area contributed by atoms with E-state index in [0.717, 1.165) is 11.0 Å². The summed E-state index contributed by atoms with van der Waals surface area (Å²) in [6.07, 6.45) is 1.56. The molecule has 0 spiro atoms. The van der Waals surface area contributed by atoms with Gasteiger partial charge in [-0.3, -0.25) is 14.0 Å². The molecule has 0 bridgehead atoms. The predicted octanol–water partition coefficient (Wildman–Crippen LogP) is 3.46. The first kappa shape index (κ1) is 15.3. The third-order valence-electron chi connectivity index (χ3n) is 4.36. The van der Waals surface area contributed by atoms with Gasteiger partial charge in [-0.2, -0.15) is 0 Å². The van der Waals surface area contributed by atoms with Crippen molar-refractivity contribution >= 4 is 22.3 Å². The van der Waals surface area contributed by atoms with Gasteiger partial charge in [-0.25, -0.2) is 4.98 Å². The summed E-state index contributed by atoms with van der Waals surface area (Å²) < 4.78 is 3.43. The van der Waals surface area contributed by atoms with Crippen molar-refractivity contribution in [2.75, 3.05) is 0 Å². The van der Waals surface area contributed by atoms with Gasteiger partial charge in [0, 0.05) is 11.6 Å². The van der Waals surface area contributed by atoms with Crippen molar-refractivity contribution in [1.29, 1.82) is 0 Å². The zero-order chi connectivity index (χ0) is 17.6. The van der Waals surface area contributed by atoms with Crippen molar-refractivity contribution in [2.24, 2.45) is 0 Å². The first-order valence-corrected chi connectivity index (χ1v) is 8.19. The van der Waals surface area contributed by atoms with Crippen molar-refractivity contribution in [3.05, 3.63) is 82.5 Å². The standard InChI is InChI=1S/C20H17N3O2/c1-13(2)23-16-11-7-6-10-15(16)22-12-21-17(18(22)20(23)25)19(24)14-8-4-3-5-9-14/h3-13H,1-2H3. The topological polar surface area (TPSA) is 56.4 Å². The number of benzene rings is 2. The van der Waals surface area contributed by atoms with E-state index in [1.165, 1.54) is 0 Å². The third kappa shape index (κ3) is 2.28. The van der Waals surface area contributed by atoms with Crippen LogP contribution in [0.5, 0.6) is 0 Å². The lowest BCUT2D eigenvalue weighted by molar-refractivity contribution is 0.103. The molecular weight excluding hydrogens is 314 g/mol. The quantitative estimate of drug-likeness (QED) is 0.540. The number of para-hydroxylation sites is 2. The molecule has 2 aromatic carbocycles. The van der Waals surface area contributed by atoms with Crippen LogP contribution in [-0.2, 0) is 0 Å². The maximum absolute atomic E-state index is 13.2. The van der Waals surface area contributed by atoms with E-state index in [9.17, 15) is 9.59 Å². The number of ketones is 1. The van der Waals surface area contributed by atoms with Gasteiger partial charge in [0.15, 0.2) is 0 Å². The van der Waals surface area contributed by atoms with Crippen LogP contribution in [0.3, 0.4) is 0 Å². The average Bonchev–Trinajstić information content (AvgIpc) is 3.07. The summed E-state index contributed by atoms with van der Waals surface area (Å²) in [4.78, 5) is 30.3. The summed E-state index contributed by atoms with van der Waals surface area (Å²) in [5.74, 6) is -0.245. The lowest BCUT2D eigenvalue weighted by Gasteiger charge is -2.15. The fraction of sp³-hybridized carbons (Fsp3) is 0.150. The van der Waals surface area contributed by atoms with Crippen molar-refractivity contribution in [3.63, 3.8) is 0 Å². The monoisotopic (exact) mass is 331 g/mol. The van der Waals surface area contributed by atoms with Crippen LogP contribution >= 0.6 is 0 Å². The summed E-state index contributed by atoms with van der Waals surface area (Å²) in [6, 6.07) is 16.5. The summed E-state index contributed by atoms with van der Waals surface area (Å²) in [7, 11) is 0. The molecule has 0 aliphatic rings. The molecule has 0 aliphatic heterocycles. The highest BCUT2D eigenvalue weighted by Gasteiger charge is 2.21. The number of rotatable bonds is 3. The molecule has 0 atom stereocenters. The summed E-state index contributed by atoms with van der Waals surface area (Å²) in [5, 5.41) is 0. The Bertz CT molecular complexity index is 1150. The fourth-order valence-corrected chi connectivity index (χ4v) is 3.24. The molecule has 4 rings (SSSR count). The summed E-state index contributed by atoms with van der Waals surface area (Å²) in [5.41, 5.74) is 2.51. The Balaban J connectivity index is 2.10. The molecule has 0 saturated heterocycles. The number of hydrogen-bond donors (Lipinski definition) is 0. The predicted molar refractivity (Wildman–Crippen MR) is 97.2 cm³/mol. The Labute approximate surface area is 144 Å². The first-order chi connectivity index (χ1) is 12.1. The maximum atomic E-state index is 13.2. The van der Waals surface area contributed by atoms with Crippen LogP contribution in [0.1, 0.15) is 35.9 Å². The molecule has 0 fully saturated rings. The zero-order valence-corrected chi connectivity index (χ0v) is 14.0. The normalized spacial score (nSPS) is 11.5. The number of carbonyl (C=O) groups excluding carboxylic acids is 1. The Kier molecular flexibility index (Phi) is 3.50. The number of carbonyl (C=O) groups is 1. The van der Waals surface area contributed by atoms with E-state index in [2.05, 4.69) is 4.98 Å². The zero-order valence-electron chi connectivity index (χ0n) is 14.0. The third-order valence-corrected chi connectivity index (χ3v) is 4.36. The largest absolute Gasteiger partial charge is 0.302 e. The number of fused-ring (bicyclic) bond motifs is 3. The van der Waals surface area contributed by atoms with E-state index in [0.29, 0.717) is 11.1 Å². The van der Waals surface area contributed by atoms with Crippen molar-refractivity contribution in [3.8, 4) is 0 Å². The van der Waals surface area contributed by atoms with Gasteiger partial charge in [-0.05, 0) is 26.0 Å². The Morgan fingerprint density at radius 1 is 0.960 bits per heavy atom. The van der Waals surface area contributed by atoms with Gasteiger partial charge in [0.25, 0.3) is 5.56 Å². The van der Waals surface area contributed by atoms with Gasteiger partial charge < -0.3 is 4.57 Å². The Morgan fingerprint density at radius 3 is 2.28 bits per heavy atom. The Hall–Kier alpha value is -3.21. The molecule has 25 heavy (non-hydrogen) atoms. The molecule has 2 aromatic heterocycles. The van der Waals surface area contributed by atoms with E-state index in [4.69, 9.17) is 0 Å². The van der Waals surface area contributed by atoms with E-state index in [1.54, 1.807) is 39.6 Å². The molecule has 5 heteroatoms. The van der Waals surface area contributed by atoms with E-state index >= 15 is 0 Å². The summed E-state index contributed by atoms with van der Waals surface area (Å²) >= 11 is 0. The van der Waals surface area contributed by atoms with Crippen LogP contribution in [0.15, 0.2) is 65.7 Å². The minimum atomic E-state index is -0.245. The first-order valence-electron chi connectivity index (χ1n) is 8.19. The molecule has 124 valence electrons. The highest BCUT2D eigenvalue weighted by Crippen LogP contribution is 2.20. The highest BCUT2D eigenvalue weighted by atomic mass is 16.1. The molecule has 0 N–H and O–H groups in total. The van der Waals surface area contributed by atoms with Gasteiger partial charge in [0.05, 0.1) is 11.0 Å². The molecular formula is C20H17N3O2. The maximum Gasteiger partial charge on any atom is 0.278 e. The molecule has 0 amide bonds. The van der Waals surface area contributed by atoms with Crippen LogP contribution in [0.4, 0.5) is 0 Å². The number of hydrogen-bond acceptors (Lipinski definition) is 3. The van der Waals surface area contributed by atoms with Crippen molar-refractivity contribution in [2.45, 2.75) is 19.9 Å². The molecule has 2 heterocycles. The van der Waals surface area contributed by atoms with Gasteiger partial charge in [-0.1, -0.05) is 42.5 Å². The number of nitrogens with zero attached hydrogens (tertiary/aromatic N) is 3. The lowest BCUT2D eigenvalue weighted by Crippen LogP contribution is -2.25. The molecule has 5 nitrogen and oxygen atoms in total. The Morgan fingerprint density at radius 2 is 1.60 bits per heavy atom. The minimum Gasteiger partial charge on any atom is -0.302 e. The van der Waals surface area contributed by atoms with E-state index < -0.39 is 0 Å². The van der Waals surface area contributed by atoms with Crippen LogP contribution in [0.25, 0.3) is 16.6 Å². The second kappa shape index (κ2) is 5.70. The van der Waals surface area contributed by atoms with Gasteiger partial charge >= 0.3 is 0 Å². The average molecular weight is 331 g/mol. The smallest absolute Gasteiger partial charge is 0.278 e. The van der Waals surface area contributed by atoms with E-state index in [-0.39, 0.29) is 23.1 Å². The van der Waals surface area contributed by atoms with Crippen LogP contribution in [0.2, 0.25) is 0 Å². The highest BCUT2D eigenvalue weighted by molar-refractivity contribution is 6.12. The van der Waals surface area contributed by atoms with Crippen LogP contribution in [-0.4, -0.2) is 19.7 Å². The van der Waals surface area contributed by atoms with Crippen LogP contribution < -0.4 is 5.56 Å². The van der Waals surface area contributed by atoms with Crippen molar-refractivity contribution < 1.29 is 4.79 Å². The van der Waals surface area contributed by atoms with Gasteiger partial charge in [0.1, 0.15) is 17.5 Å². The minimum absolute atomic E-state index is 0.0306. The molecule has 4 aromatic rings. The molecule has 0 saturated carbocycles. The second-order valence-corrected chi connectivity index (χ2v) is 6.26. The van der Waals surface area contributed by atoms with E-state index in [1.807, 2.05) is 44.2 Å². The molecule has 0 radical (unpaired) electrons. The van der Waals surface area contributed by atoms with Gasteiger partial charge in [0.2, 0.25) is 5.78 Å². The van der Waals surface area contributed by atoms with Crippen molar-refractivity contribution in [1.82, 2.24) is 14.0 Å². The molecule has 0 unspecified atom stereocenters. The number of aromatic nitrogens is 3. The summed E-state index contributed by atoms with van der Waals surface area (Å²) in [6.45, 7) is 3.92.